The predicted octanol–water partition coefficient (Wildman–Crippen LogP) is 3.81. The highest BCUT2D eigenvalue weighted by molar-refractivity contribution is 7.99. The Morgan fingerprint density at radius 2 is 2.00 bits per heavy atom. The second kappa shape index (κ2) is 6.56. The van der Waals surface area contributed by atoms with Crippen LogP contribution in [0.5, 0.6) is 0 Å². The van der Waals surface area contributed by atoms with Crippen molar-refractivity contribution < 1.29 is 13.2 Å². The summed E-state index contributed by atoms with van der Waals surface area (Å²) in [5, 5.41) is 4.88. The van der Waals surface area contributed by atoms with Crippen LogP contribution < -0.4 is 15.8 Å². The van der Waals surface area contributed by atoms with Crippen LogP contribution in [0.15, 0.2) is 34.2 Å². The van der Waals surface area contributed by atoms with Crippen molar-refractivity contribution in [3.05, 3.63) is 39.6 Å². The van der Waals surface area contributed by atoms with Crippen LogP contribution in [0.1, 0.15) is 6.42 Å². The standard InChI is InChI=1S/C14H11ClF3N4OS/c15-8-1-3-9(4-2-8)22-7-19-11-10(22)12(23)21-13(20-11)24-6-5-14(16,17)18/h1-4H,5-7H2,(H,20,21,23). The van der Waals surface area contributed by atoms with Gasteiger partial charge in [0.15, 0.2) is 16.7 Å². The van der Waals surface area contributed by atoms with E-state index in [9.17, 15) is 18.0 Å². The smallest absolute Gasteiger partial charge is 0.314 e. The Balaban J connectivity index is 1.80. The highest BCUT2D eigenvalue weighted by atomic mass is 35.5. The molecule has 0 aliphatic carbocycles. The molecule has 127 valence electrons. The summed E-state index contributed by atoms with van der Waals surface area (Å²) in [6.07, 6.45) is -5.19. The summed E-state index contributed by atoms with van der Waals surface area (Å²) < 4.78 is 36.6. The number of hydrogen-bond acceptors (Lipinski definition) is 4. The minimum absolute atomic E-state index is 0.129. The molecule has 10 heteroatoms. The normalized spacial score (nSPS) is 13.8. The molecule has 1 N–H and O–H groups in total. The lowest BCUT2D eigenvalue weighted by Crippen LogP contribution is -2.22. The summed E-state index contributed by atoms with van der Waals surface area (Å²) in [5.41, 5.74) is 0.565. The maximum absolute atomic E-state index is 12.3. The molecule has 0 fully saturated rings. The second-order valence-corrected chi connectivity index (χ2v) is 6.48. The molecule has 1 aromatic carbocycles. The molecule has 5 nitrogen and oxygen atoms in total. The zero-order chi connectivity index (χ0) is 17.3. The van der Waals surface area contributed by atoms with Gasteiger partial charge in [0, 0.05) is 16.5 Å². The van der Waals surface area contributed by atoms with Crippen LogP contribution in [0.4, 0.5) is 30.4 Å². The number of rotatable bonds is 4. The van der Waals surface area contributed by atoms with Gasteiger partial charge in [-0.05, 0) is 24.3 Å². The minimum atomic E-state index is -4.24. The zero-order valence-corrected chi connectivity index (χ0v) is 13.7. The van der Waals surface area contributed by atoms with E-state index in [0.29, 0.717) is 5.02 Å². The van der Waals surface area contributed by atoms with Gasteiger partial charge in [0.2, 0.25) is 0 Å². The van der Waals surface area contributed by atoms with E-state index >= 15 is 0 Å². The Morgan fingerprint density at radius 3 is 2.67 bits per heavy atom. The molecule has 0 bridgehead atoms. The molecule has 1 aliphatic heterocycles. The van der Waals surface area contributed by atoms with Crippen molar-refractivity contribution in [2.24, 2.45) is 0 Å². The number of H-pyrrole nitrogens is 1. The Labute approximate surface area is 144 Å². The number of aromatic amines is 1. The molecule has 1 radical (unpaired) electrons. The number of hydrogen-bond donors (Lipinski definition) is 1. The van der Waals surface area contributed by atoms with Crippen LogP contribution in [-0.2, 0) is 0 Å². The van der Waals surface area contributed by atoms with Crippen LogP contribution in [0, 0.1) is 0 Å². The van der Waals surface area contributed by atoms with Crippen LogP contribution in [0.3, 0.4) is 0 Å². The van der Waals surface area contributed by atoms with Crippen molar-refractivity contribution >= 4 is 40.6 Å². The maximum atomic E-state index is 12.3. The Kier molecular flexibility index (Phi) is 4.64. The Bertz CT molecular complexity index is 794. The summed E-state index contributed by atoms with van der Waals surface area (Å²) in [5.74, 6) is 0.00905. The lowest BCUT2D eigenvalue weighted by molar-refractivity contribution is -0.129. The van der Waals surface area contributed by atoms with E-state index in [1.807, 2.05) is 0 Å². The highest BCUT2D eigenvalue weighted by Gasteiger charge is 2.29. The first-order valence-electron chi connectivity index (χ1n) is 6.88. The van der Waals surface area contributed by atoms with Crippen molar-refractivity contribution in [3.8, 4) is 0 Å². The number of anilines is 2. The molecule has 2 heterocycles. The Morgan fingerprint density at radius 1 is 1.29 bits per heavy atom. The van der Waals surface area contributed by atoms with Gasteiger partial charge in [-0.2, -0.15) is 13.2 Å². The molecule has 0 atom stereocenters. The SMILES string of the molecule is O=c1[nH]c(SCCC(F)(F)F)nc2c1N(c1ccc(Cl)cc1)C[N]2. The third-order valence-electron chi connectivity index (χ3n) is 3.25. The maximum Gasteiger partial charge on any atom is 0.389 e. The fraction of sp³-hybridized carbons (Fsp3) is 0.286. The molecule has 3 rings (SSSR count). The molecule has 0 unspecified atom stereocenters. The lowest BCUT2D eigenvalue weighted by Gasteiger charge is -2.16. The van der Waals surface area contributed by atoms with Crippen LogP contribution >= 0.6 is 23.4 Å². The number of nitrogens with zero attached hydrogens (tertiary/aromatic N) is 3. The number of aromatic nitrogens is 2. The molecule has 0 saturated carbocycles. The molecular formula is C14H11ClF3N4OS. The van der Waals surface area contributed by atoms with Crippen LogP contribution in [-0.4, -0.2) is 28.6 Å². The first kappa shape index (κ1) is 17.0. The first-order chi connectivity index (χ1) is 11.3. The van der Waals surface area contributed by atoms with E-state index in [4.69, 9.17) is 11.6 Å². The van der Waals surface area contributed by atoms with Gasteiger partial charge in [0.1, 0.15) is 6.67 Å². The average molecular weight is 376 g/mol. The summed E-state index contributed by atoms with van der Waals surface area (Å²) in [4.78, 5) is 20.6. The van der Waals surface area contributed by atoms with E-state index in [2.05, 4.69) is 15.3 Å². The number of benzene rings is 1. The van der Waals surface area contributed by atoms with E-state index in [1.165, 1.54) is 0 Å². The zero-order valence-electron chi connectivity index (χ0n) is 12.1. The topological polar surface area (TPSA) is 63.1 Å². The van der Waals surface area contributed by atoms with Crippen LogP contribution in [0.2, 0.25) is 5.02 Å². The largest absolute Gasteiger partial charge is 0.389 e. The molecule has 0 amide bonds. The predicted molar refractivity (Wildman–Crippen MR) is 86.5 cm³/mol. The van der Waals surface area contributed by atoms with Gasteiger partial charge in [0.25, 0.3) is 5.56 Å². The van der Waals surface area contributed by atoms with Crippen molar-refractivity contribution in [1.29, 1.82) is 0 Å². The van der Waals surface area contributed by atoms with E-state index in [-0.39, 0.29) is 29.1 Å². The summed E-state index contributed by atoms with van der Waals surface area (Å²) in [7, 11) is 0. The average Bonchev–Trinajstić information content (AvgIpc) is 2.91. The minimum Gasteiger partial charge on any atom is -0.314 e. The van der Waals surface area contributed by atoms with Crippen molar-refractivity contribution in [1.82, 2.24) is 15.3 Å². The lowest BCUT2D eigenvalue weighted by atomic mass is 10.3. The molecule has 1 aliphatic rings. The fourth-order valence-electron chi connectivity index (χ4n) is 2.16. The van der Waals surface area contributed by atoms with Crippen molar-refractivity contribution in [2.75, 3.05) is 17.3 Å². The molecule has 0 spiro atoms. The van der Waals surface area contributed by atoms with E-state index in [0.717, 1.165) is 17.4 Å². The van der Waals surface area contributed by atoms with Gasteiger partial charge < -0.3 is 4.90 Å². The first-order valence-corrected chi connectivity index (χ1v) is 8.24. The van der Waals surface area contributed by atoms with Gasteiger partial charge in [-0.3, -0.25) is 9.78 Å². The molecule has 0 saturated heterocycles. The monoisotopic (exact) mass is 375 g/mol. The van der Waals surface area contributed by atoms with Gasteiger partial charge in [-0.25, -0.2) is 10.3 Å². The summed E-state index contributed by atoms with van der Waals surface area (Å²) in [6.45, 7) is 0.212. The van der Waals surface area contributed by atoms with Crippen molar-refractivity contribution in [2.45, 2.75) is 17.8 Å². The molecule has 2 aromatic rings. The van der Waals surface area contributed by atoms with Gasteiger partial charge >= 0.3 is 6.18 Å². The van der Waals surface area contributed by atoms with Crippen molar-refractivity contribution in [3.63, 3.8) is 0 Å². The van der Waals surface area contributed by atoms with E-state index < -0.39 is 18.2 Å². The number of fused-ring (bicyclic) bond motifs is 1. The van der Waals surface area contributed by atoms with Gasteiger partial charge in [0.05, 0.1) is 6.42 Å². The number of halogens is 4. The summed E-state index contributed by atoms with van der Waals surface area (Å²) >= 11 is 6.69. The Hall–Kier alpha value is -1.87. The third-order valence-corrected chi connectivity index (χ3v) is 4.38. The molecule has 24 heavy (non-hydrogen) atoms. The number of nitrogens with one attached hydrogen (secondary N) is 1. The quantitative estimate of drug-likeness (QED) is 0.652. The number of thioether (sulfide) groups is 1. The third kappa shape index (κ3) is 3.78. The molecular weight excluding hydrogens is 365 g/mol. The van der Waals surface area contributed by atoms with Gasteiger partial charge in [-0.15, -0.1) is 0 Å². The summed E-state index contributed by atoms with van der Waals surface area (Å²) in [6, 6.07) is 6.88. The molecule has 1 aromatic heterocycles. The van der Waals surface area contributed by atoms with E-state index in [1.54, 1.807) is 29.2 Å². The van der Waals surface area contributed by atoms with Gasteiger partial charge in [-0.1, -0.05) is 23.4 Å². The highest BCUT2D eigenvalue weighted by Crippen LogP contribution is 2.34. The van der Waals surface area contributed by atoms with Crippen LogP contribution in [0.25, 0.3) is 0 Å². The number of alkyl halides is 3. The fourth-order valence-corrected chi connectivity index (χ4v) is 3.13. The second-order valence-electron chi connectivity index (χ2n) is 4.96.